The largest absolute Gasteiger partial charge is 0.492 e. The number of amides is 2. The highest BCUT2D eigenvalue weighted by molar-refractivity contribution is 6.03. The van der Waals surface area contributed by atoms with Crippen molar-refractivity contribution in [3.63, 3.8) is 0 Å². The van der Waals surface area contributed by atoms with Gasteiger partial charge in [-0.05, 0) is 43.3 Å². The summed E-state index contributed by atoms with van der Waals surface area (Å²) in [5.74, 6) is 1.00. The fraction of sp³-hybridized carbons (Fsp3) is 0.182. The van der Waals surface area contributed by atoms with Crippen molar-refractivity contribution in [1.82, 2.24) is 0 Å². The number of hydrogen-bond donors (Lipinski definition) is 1. The van der Waals surface area contributed by atoms with Gasteiger partial charge in [0.25, 0.3) is 11.8 Å². The van der Waals surface area contributed by atoms with Crippen LogP contribution in [0, 0.1) is 6.92 Å². The van der Waals surface area contributed by atoms with Crippen LogP contribution in [0.1, 0.15) is 16.1 Å². The first-order chi connectivity index (χ1) is 14.1. The average molecular weight is 392 g/mol. The van der Waals surface area contributed by atoms with Crippen molar-refractivity contribution in [1.29, 1.82) is 0 Å². The average Bonchev–Trinajstić information content (AvgIpc) is 3.26. The molecule has 0 aliphatic carbocycles. The zero-order valence-electron chi connectivity index (χ0n) is 15.9. The molecule has 4 rings (SSSR count). The van der Waals surface area contributed by atoms with E-state index in [0.717, 1.165) is 11.3 Å². The van der Waals surface area contributed by atoms with Gasteiger partial charge in [-0.25, -0.2) is 0 Å². The Morgan fingerprint density at radius 3 is 2.76 bits per heavy atom. The third kappa shape index (κ3) is 4.24. The number of anilines is 2. The predicted molar refractivity (Wildman–Crippen MR) is 108 cm³/mol. The van der Waals surface area contributed by atoms with Crippen LogP contribution in [-0.2, 0) is 4.79 Å². The first-order valence-corrected chi connectivity index (χ1v) is 9.22. The molecule has 2 amide bonds. The molecule has 148 valence electrons. The number of rotatable bonds is 6. The number of furan rings is 1. The molecule has 2 aromatic carbocycles. The second kappa shape index (κ2) is 8.10. The molecule has 2 heterocycles. The van der Waals surface area contributed by atoms with E-state index in [-0.39, 0.29) is 24.2 Å². The summed E-state index contributed by atoms with van der Waals surface area (Å²) in [4.78, 5) is 26.1. The van der Waals surface area contributed by atoms with Gasteiger partial charge < -0.3 is 24.1 Å². The molecule has 0 saturated carbocycles. The number of carbonyl (C=O) groups is 2. The van der Waals surface area contributed by atoms with Crippen molar-refractivity contribution in [2.75, 3.05) is 30.0 Å². The topological polar surface area (TPSA) is 81.0 Å². The zero-order chi connectivity index (χ0) is 20.2. The fourth-order valence-electron chi connectivity index (χ4n) is 3.02. The molecule has 0 bridgehead atoms. The van der Waals surface area contributed by atoms with E-state index in [2.05, 4.69) is 5.32 Å². The molecule has 0 unspecified atom stereocenters. The molecular weight excluding hydrogens is 372 g/mol. The molecule has 1 N–H and O–H groups in total. The monoisotopic (exact) mass is 392 g/mol. The van der Waals surface area contributed by atoms with Gasteiger partial charge in [0.15, 0.2) is 12.4 Å². The Morgan fingerprint density at radius 2 is 2.00 bits per heavy atom. The van der Waals surface area contributed by atoms with E-state index >= 15 is 0 Å². The molecule has 1 aromatic heterocycles. The third-order valence-electron chi connectivity index (χ3n) is 4.51. The molecule has 0 atom stereocenters. The Kier molecular flexibility index (Phi) is 5.20. The van der Waals surface area contributed by atoms with Crippen molar-refractivity contribution >= 4 is 23.2 Å². The van der Waals surface area contributed by atoms with Gasteiger partial charge in [-0.3, -0.25) is 9.59 Å². The summed E-state index contributed by atoms with van der Waals surface area (Å²) < 4.78 is 16.4. The molecule has 7 heteroatoms. The number of nitrogens with one attached hydrogen (secondary N) is 1. The predicted octanol–water partition coefficient (Wildman–Crippen LogP) is 3.64. The molecule has 3 aromatic rings. The highest BCUT2D eigenvalue weighted by atomic mass is 16.5. The molecular formula is C22H20N2O5. The van der Waals surface area contributed by atoms with Crippen molar-refractivity contribution < 1.29 is 23.5 Å². The lowest BCUT2D eigenvalue weighted by Gasteiger charge is -2.29. The quantitative estimate of drug-likeness (QED) is 0.693. The van der Waals surface area contributed by atoms with Crippen LogP contribution in [0.5, 0.6) is 11.5 Å². The summed E-state index contributed by atoms with van der Waals surface area (Å²) in [6, 6.07) is 16.1. The normalized spacial score (nSPS) is 12.9. The minimum atomic E-state index is -0.356. The Hall–Kier alpha value is -3.74. The van der Waals surface area contributed by atoms with E-state index in [4.69, 9.17) is 13.9 Å². The summed E-state index contributed by atoms with van der Waals surface area (Å²) in [6.07, 6.45) is 1.44. The molecule has 1 aliphatic rings. The van der Waals surface area contributed by atoms with Crippen molar-refractivity contribution in [3.05, 3.63) is 72.2 Å². The fourth-order valence-corrected chi connectivity index (χ4v) is 3.02. The molecule has 7 nitrogen and oxygen atoms in total. The summed E-state index contributed by atoms with van der Waals surface area (Å²) in [7, 11) is 0. The van der Waals surface area contributed by atoms with Crippen LogP contribution in [0.2, 0.25) is 0 Å². The van der Waals surface area contributed by atoms with Crippen LogP contribution in [-0.4, -0.2) is 31.6 Å². The first kappa shape index (κ1) is 18.6. The van der Waals surface area contributed by atoms with Crippen LogP contribution in [0.4, 0.5) is 11.4 Å². The molecule has 29 heavy (non-hydrogen) atoms. The lowest BCUT2D eigenvalue weighted by Crippen LogP contribution is -2.41. The molecule has 1 aliphatic heterocycles. The summed E-state index contributed by atoms with van der Waals surface area (Å²) in [6.45, 7) is 2.69. The van der Waals surface area contributed by atoms with Gasteiger partial charge >= 0.3 is 0 Å². The van der Waals surface area contributed by atoms with Gasteiger partial charge in [0.2, 0.25) is 0 Å². The molecule has 0 fully saturated rings. The minimum absolute atomic E-state index is 0.0624. The summed E-state index contributed by atoms with van der Waals surface area (Å²) >= 11 is 0. The first-order valence-electron chi connectivity index (χ1n) is 9.22. The SMILES string of the molecule is Cc1ccc(OCCN2C(=O)COc3cc(NC(=O)c4ccco4)ccc32)cc1. The second-order valence-corrected chi connectivity index (χ2v) is 6.61. The van der Waals surface area contributed by atoms with Crippen molar-refractivity contribution in [2.45, 2.75) is 6.92 Å². The second-order valence-electron chi connectivity index (χ2n) is 6.61. The maximum atomic E-state index is 12.3. The summed E-state index contributed by atoms with van der Waals surface area (Å²) in [5, 5.41) is 2.75. The van der Waals surface area contributed by atoms with Crippen LogP contribution in [0.15, 0.2) is 65.3 Å². The van der Waals surface area contributed by atoms with Crippen molar-refractivity contribution in [2.24, 2.45) is 0 Å². The van der Waals surface area contributed by atoms with Crippen molar-refractivity contribution in [3.8, 4) is 11.5 Å². The van der Waals surface area contributed by atoms with Gasteiger partial charge in [-0.15, -0.1) is 0 Å². The van der Waals surface area contributed by atoms with Gasteiger partial charge in [-0.1, -0.05) is 17.7 Å². The lowest BCUT2D eigenvalue weighted by molar-refractivity contribution is -0.121. The lowest BCUT2D eigenvalue weighted by atomic mass is 10.2. The Morgan fingerprint density at radius 1 is 1.17 bits per heavy atom. The number of hydrogen-bond acceptors (Lipinski definition) is 5. The third-order valence-corrected chi connectivity index (χ3v) is 4.51. The van der Waals surface area contributed by atoms with Gasteiger partial charge in [0, 0.05) is 11.8 Å². The highest BCUT2D eigenvalue weighted by Crippen LogP contribution is 2.34. The standard InChI is InChI=1S/C22H20N2O5/c1-15-4-7-17(8-5-15)27-12-10-24-18-9-6-16(13-20(18)29-14-21(24)25)23-22(26)19-3-2-11-28-19/h2-9,11,13H,10,12,14H2,1H3,(H,23,26). The van der Waals surface area contributed by atoms with Gasteiger partial charge in [0.1, 0.15) is 18.1 Å². The minimum Gasteiger partial charge on any atom is -0.492 e. The zero-order valence-corrected chi connectivity index (χ0v) is 15.9. The van der Waals surface area contributed by atoms with Crippen LogP contribution in [0.3, 0.4) is 0 Å². The highest BCUT2D eigenvalue weighted by Gasteiger charge is 2.26. The number of aryl methyl sites for hydroxylation is 1. The number of carbonyl (C=O) groups excluding carboxylic acids is 2. The number of benzene rings is 2. The Labute approximate surface area is 167 Å². The molecule has 0 saturated heterocycles. The van der Waals surface area contributed by atoms with E-state index in [0.29, 0.717) is 30.3 Å². The van der Waals surface area contributed by atoms with E-state index in [1.807, 2.05) is 31.2 Å². The van der Waals surface area contributed by atoms with Crippen LogP contribution >= 0.6 is 0 Å². The number of fused-ring (bicyclic) bond motifs is 1. The maximum Gasteiger partial charge on any atom is 0.291 e. The van der Waals surface area contributed by atoms with E-state index < -0.39 is 0 Å². The van der Waals surface area contributed by atoms with Gasteiger partial charge in [-0.2, -0.15) is 0 Å². The number of ether oxygens (including phenoxy) is 2. The number of nitrogens with zero attached hydrogens (tertiary/aromatic N) is 1. The Bertz CT molecular complexity index is 1010. The Balaban J connectivity index is 1.43. The van der Waals surface area contributed by atoms with Crippen LogP contribution < -0.4 is 19.7 Å². The van der Waals surface area contributed by atoms with Gasteiger partial charge in [0.05, 0.1) is 18.5 Å². The van der Waals surface area contributed by atoms with E-state index in [1.165, 1.54) is 6.26 Å². The maximum absolute atomic E-state index is 12.3. The van der Waals surface area contributed by atoms with E-state index in [1.54, 1.807) is 35.2 Å². The molecule has 0 spiro atoms. The van der Waals surface area contributed by atoms with E-state index in [9.17, 15) is 9.59 Å². The summed E-state index contributed by atoms with van der Waals surface area (Å²) in [5.41, 5.74) is 2.35. The molecule has 0 radical (unpaired) electrons. The smallest absolute Gasteiger partial charge is 0.291 e. The van der Waals surface area contributed by atoms with Crippen LogP contribution in [0.25, 0.3) is 0 Å².